The number of amides is 1. The second-order valence-electron chi connectivity index (χ2n) is 7.15. The molecule has 1 aliphatic carbocycles. The number of carbonyl (C=O) groups excluding carboxylic acids is 1. The van der Waals surface area contributed by atoms with Crippen molar-refractivity contribution >= 4 is 5.91 Å². The van der Waals surface area contributed by atoms with Gasteiger partial charge in [0.2, 0.25) is 5.91 Å². The molecule has 1 saturated heterocycles. The molecule has 2 N–H and O–H groups in total. The minimum absolute atomic E-state index is 0.276. The maximum absolute atomic E-state index is 12.2. The fourth-order valence-corrected chi connectivity index (χ4v) is 3.95. The highest BCUT2D eigenvalue weighted by Crippen LogP contribution is 2.44. The van der Waals surface area contributed by atoms with Gasteiger partial charge in [-0.2, -0.15) is 0 Å². The molecule has 1 aliphatic heterocycles. The summed E-state index contributed by atoms with van der Waals surface area (Å²) in [5.41, 5.74) is 0.447. The number of hydrogen-bond donors (Lipinski definition) is 2. The topological polar surface area (TPSA) is 41.1 Å². The molecule has 2 fully saturated rings. The Kier molecular flexibility index (Phi) is 5.88. The molecule has 1 saturated carbocycles. The summed E-state index contributed by atoms with van der Waals surface area (Å²) in [4.78, 5) is 12.2. The molecule has 1 unspecified atom stereocenters. The molecule has 1 heterocycles. The standard InChI is InChI=1S/C17H32N2O/c1-3-7-17(8-4-9-17)13-19-16(20)12-14(2)15-5-10-18-11-6-15/h14-15,18H,3-13H2,1-2H3,(H,19,20). The largest absolute Gasteiger partial charge is 0.356 e. The predicted molar refractivity (Wildman–Crippen MR) is 83.6 cm³/mol. The first-order valence-corrected chi connectivity index (χ1v) is 8.63. The Labute approximate surface area is 124 Å². The lowest BCUT2D eigenvalue weighted by atomic mass is 9.66. The van der Waals surface area contributed by atoms with Crippen LogP contribution < -0.4 is 10.6 Å². The SMILES string of the molecule is CCCC1(CNC(=O)CC(C)C2CCNCC2)CCC1. The molecule has 0 radical (unpaired) electrons. The van der Waals surface area contributed by atoms with E-state index in [0.717, 1.165) is 25.6 Å². The van der Waals surface area contributed by atoms with Crippen LogP contribution in [0.25, 0.3) is 0 Å². The lowest BCUT2D eigenvalue weighted by molar-refractivity contribution is -0.123. The van der Waals surface area contributed by atoms with Gasteiger partial charge in [0.1, 0.15) is 0 Å². The molecule has 3 nitrogen and oxygen atoms in total. The fourth-order valence-electron chi connectivity index (χ4n) is 3.95. The van der Waals surface area contributed by atoms with Gasteiger partial charge in [-0.15, -0.1) is 0 Å². The summed E-state index contributed by atoms with van der Waals surface area (Å²) in [6.45, 7) is 7.66. The van der Waals surface area contributed by atoms with Crippen molar-refractivity contribution in [3.05, 3.63) is 0 Å². The van der Waals surface area contributed by atoms with Crippen molar-refractivity contribution in [1.82, 2.24) is 10.6 Å². The Morgan fingerprint density at radius 2 is 2.05 bits per heavy atom. The molecule has 0 aromatic carbocycles. The van der Waals surface area contributed by atoms with Crippen LogP contribution in [-0.4, -0.2) is 25.5 Å². The molecule has 20 heavy (non-hydrogen) atoms. The van der Waals surface area contributed by atoms with Gasteiger partial charge >= 0.3 is 0 Å². The Hall–Kier alpha value is -0.570. The molecule has 116 valence electrons. The van der Waals surface area contributed by atoms with Crippen molar-refractivity contribution < 1.29 is 4.79 Å². The third kappa shape index (κ3) is 4.21. The number of carbonyl (C=O) groups is 1. The quantitative estimate of drug-likeness (QED) is 0.752. The smallest absolute Gasteiger partial charge is 0.220 e. The molecular formula is C17H32N2O. The highest BCUT2D eigenvalue weighted by atomic mass is 16.1. The van der Waals surface area contributed by atoms with Crippen molar-refractivity contribution in [3.8, 4) is 0 Å². The van der Waals surface area contributed by atoms with E-state index in [2.05, 4.69) is 24.5 Å². The first-order valence-electron chi connectivity index (χ1n) is 8.63. The van der Waals surface area contributed by atoms with Crippen molar-refractivity contribution in [2.75, 3.05) is 19.6 Å². The van der Waals surface area contributed by atoms with Crippen LogP contribution in [0.4, 0.5) is 0 Å². The zero-order chi connectivity index (χ0) is 14.4. The monoisotopic (exact) mass is 280 g/mol. The Morgan fingerprint density at radius 3 is 2.60 bits per heavy atom. The van der Waals surface area contributed by atoms with Crippen LogP contribution in [0, 0.1) is 17.3 Å². The summed E-state index contributed by atoms with van der Waals surface area (Å²) in [6.07, 6.45) is 9.66. The maximum atomic E-state index is 12.2. The van der Waals surface area contributed by atoms with E-state index in [1.165, 1.54) is 44.9 Å². The Morgan fingerprint density at radius 1 is 1.35 bits per heavy atom. The second kappa shape index (κ2) is 7.44. The molecular weight excluding hydrogens is 248 g/mol. The predicted octanol–water partition coefficient (Wildman–Crippen LogP) is 3.10. The molecule has 2 aliphatic rings. The van der Waals surface area contributed by atoms with E-state index in [0.29, 0.717) is 17.8 Å². The van der Waals surface area contributed by atoms with Crippen LogP contribution >= 0.6 is 0 Å². The number of piperidine rings is 1. The summed E-state index contributed by atoms with van der Waals surface area (Å²) in [5.74, 6) is 1.54. The maximum Gasteiger partial charge on any atom is 0.220 e. The van der Waals surface area contributed by atoms with Crippen LogP contribution in [0.2, 0.25) is 0 Å². The third-order valence-electron chi connectivity index (χ3n) is 5.55. The minimum Gasteiger partial charge on any atom is -0.356 e. The van der Waals surface area contributed by atoms with Gasteiger partial charge in [-0.05, 0) is 62.4 Å². The second-order valence-corrected chi connectivity index (χ2v) is 7.15. The molecule has 1 atom stereocenters. The van der Waals surface area contributed by atoms with Crippen molar-refractivity contribution in [2.45, 2.75) is 65.2 Å². The van der Waals surface area contributed by atoms with E-state index in [-0.39, 0.29) is 5.91 Å². The fraction of sp³-hybridized carbons (Fsp3) is 0.941. The van der Waals surface area contributed by atoms with Gasteiger partial charge in [-0.25, -0.2) is 0 Å². The molecule has 0 bridgehead atoms. The van der Waals surface area contributed by atoms with Gasteiger partial charge in [0.25, 0.3) is 0 Å². The van der Waals surface area contributed by atoms with Crippen molar-refractivity contribution in [3.63, 3.8) is 0 Å². The summed E-state index contributed by atoms with van der Waals surface area (Å²) < 4.78 is 0. The van der Waals surface area contributed by atoms with E-state index < -0.39 is 0 Å². The van der Waals surface area contributed by atoms with E-state index in [4.69, 9.17) is 0 Å². The van der Waals surface area contributed by atoms with Gasteiger partial charge < -0.3 is 10.6 Å². The van der Waals surface area contributed by atoms with Crippen LogP contribution in [0.15, 0.2) is 0 Å². The molecule has 0 aromatic heterocycles. The summed E-state index contributed by atoms with van der Waals surface area (Å²) in [6, 6.07) is 0. The van der Waals surface area contributed by atoms with Crippen molar-refractivity contribution in [1.29, 1.82) is 0 Å². The van der Waals surface area contributed by atoms with Gasteiger partial charge in [-0.1, -0.05) is 26.7 Å². The normalized spacial score (nSPS) is 23.9. The lowest BCUT2D eigenvalue weighted by Gasteiger charge is -2.42. The van der Waals surface area contributed by atoms with Crippen molar-refractivity contribution in [2.24, 2.45) is 17.3 Å². The number of hydrogen-bond acceptors (Lipinski definition) is 2. The van der Waals surface area contributed by atoms with Gasteiger partial charge in [-0.3, -0.25) is 4.79 Å². The lowest BCUT2D eigenvalue weighted by Crippen LogP contribution is -2.42. The third-order valence-corrected chi connectivity index (χ3v) is 5.55. The van der Waals surface area contributed by atoms with Crippen LogP contribution in [-0.2, 0) is 4.79 Å². The zero-order valence-corrected chi connectivity index (χ0v) is 13.3. The van der Waals surface area contributed by atoms with E-state index >= 15 is 0 Å². The number of rotatable bonds is 7. The highest BCUT2D eigenvalue weighted by molar-refractivity contribution is 5.76. The first-order chi connectivity index (χ1) is 9.65. The summed E-state index contributed by atoms with van der Waals surface area (Å²) in [5, 5.41) is 6.62. The van der Waals surface area contributed by atoms with Crippen LogP contribution in [0.5, 0.6) is 0 Å². The molecule has 0 aromatic rings. The molecule has 1 amide bonds. The molecule has 3 heteroatoms. The van der Waals surface area contributed by atoms with E-state index in [1.54, 1.807) is 0 Å². The Bertz CT molecular complexity index is 306. The highest BCUT2D eigenvalue weighted by Gasteiger charge is 2.36. The average molecular weight is 280 g/mol. The van der Waals surface area contributed by atoms with E-state index in [9.17, 15) is 4.79 Å². The van der Waals surface area contributed by atoms with Gasteiger partial charge in [0.05, 0.1) is 0 Å². The average Bonchev–Trinajstić information content (AvgIpc) is 2.42. The Balaban J connectivity index is 1.69. The molecule has 2 rings (SSSR count). The summed E-state index contributed by atoms with van der Waals surface area (Å²) >= 11 is 0. The van der Waals surface area contributed by atoms with E-state index in [1.807, 2.05) is 0 Å². The zero-order valence-electron chi connectivity index (χ0n) is 13.3. The van der Waals surface area contributed by atoms with Crippen LogP contribution in [0.1, 0.15) is 65.2 Å². The van der Waals surface area contributed by atoms with Gasteiger partial charge in [0.15, 0.2) is 0 Å². The van der Waals surface area contributed by atoms with Gasteiger partial charge in [0, 0.05) is 13.0 Å². The first kappa shape index (κ1) is 15.8. The minimum atomic E-state index is 0.276. The molecule has 0 spiro atoms. The van der Waals surface area contributed by atoms with Crippen LogP contribution in [0.3, 0.4) is 0 Å². The summed E-state index contributed by atoms with van der Waals surface area (Å²) in [7, 11) is 0. The number of nitrogens with one attached hydrogen (secondary N) is 2.